The van der Waals surface area contributed by atoms with Crippen molar-refractivity contribution >= 4 is 16.9 Å². The van der Waals surface area contributed by atoms with E-state index in [-0.39, 0.29) is 0 Å². The lowest BCUT2D eigenvalue weighted by atomic mass is 10.1. The van der Waals surface area contributed by atoms with Gasteiger partial charge in [-0.3, -0.25) is 5.10 Å². The topological polar surface area (TPSA) is 89.7 Å². The van der Waals surface area contributed by atoms with Crippen LogP contribution in [-0.2, 0) is 0 Å². The molecule has 0 spiro atoms. The van der Waals surface area contributed by atoms with Crippen LogP contribution >= 0.6 is 0 Å². The second kappa shape index (κ2) is 6.78. The minimum absolute atomic E-state index is 0.398. The molecular weight excluding hydrogens is 302 g/mol. The Labute approximate surface area is 139 Å². The third-order valence-corrected chi connectivity index (χ3v) is 3.44. The number of anilines is 1. The molecule has 6 nitrogen and oxygen atoms in total. The van der Waals surface area contributed by atoms with Crippen molar-refractivity contribution in [2.45, 2.75) is 6.92 Å². The second-order valence-corrected chi connectivity index (χ2v) is 4.97. The first-order valence-electron chi connectivity index (χ1n) is 7.41. The monoisotopic (exact) mass is 319 g/mol. The van der Waals surface area contributed by atoms with Crippen LogP contribution in [0.2, 0.25) is 0 Å². The zero-order valence-corrected chi connectivity index (χ0v) is 13.2. The third kappa shape index (κ3) is 3.03. The van der Waals surface area contributed by atoms with Crippen LogP contribution in [0, 0.1) is 0 Å². The number of allylic oxidation sites excluding steroid dienone is 4. The molecule has 3 N–H and O–H groups in total. The molecule has 3 rings (SSSR count). The van der Waals surface area contributed by atoms with Crippen LogP contribution < -0.4 is 10.5 Å². The molecule has 2 aromatic heterocycles. The van der Waals surface area contributed by atoms with Crippen LogP contribution in [0.15, 0.2) is 67.2 Å². The van der Waals surface area contributed by atoms with Gasteiger partial charge >= 0.3 is 0 Å². The molecule has 24 heavy (non-hydrogen) atoms. The van der Waals surface area contributed by atoms with E-state index in [1.807, 2.05) is 49.4 Å². The van der Waals surface area contributed by atoms with Gasteiger partial charge in [-0.15, -0.1) is 0 Å². The van der Waals surface area contributed by atoms with Crippen molar-refractivity contribution < 1.29 is 4.74 Å². The maximum Gasteiger partial charge on any atom is 0.186 e. The predicted octanol–water partition coefficient (Wildman–Crippen LogP) is 3.63. The summed E-state index contributed by atoms with van der Waals surface area (Å²) in [6, 6.07) is 7.62. The lowest BCUT2D eigenvalue weighted by molar-refractivity contribution is 0.443. The lowest BCUT2D eigenvalue weighted by Crippen LogP contribution is -1.93. The number of rotatable bonds is 5. The summed E-state index contributed by atoms with van der Waals surface area (Å²) in [5.74, 6) is 1.87. The van der Waals surface area contributed by atoms with Gasteiger partial charge in [0.1, 0.15) is 23.7 Å². The molecular formula is C18H17N5O. The van der Waals surface area contributed by atoms with Gasteiger partial charge in [0.2, 0.25) is 0 Å². The van der Waals surface area contributed by atoms with Crippen LogP contribution in [-0.4, -0.2) is 20.2 Å². The minimum atomic E-state index is 0.398. The maximum absolute atomic E-state index is 5.94. The number of nitrogen functional groups attached to an aromatic ring is 1. The van der Waals surface area contributed by atoms with E-state index in [9.17, 15) is 0 Å². The summed E-state index contributed by atoms with van der Waals surface area (Å²) in [5, 5.41) is 7.84. The first-order chi connectivity index (χ1) is 11.7. The Morgan fingerprint density at radius 2 is 2.04 bits per heavy atom. The Balaban J connectivity index is 1.89. The van der Waals surface area contributed by atoms with Gasteiger partial charge in [-0.25, -0.2) is 9.97 Å². The molecule has 2 heterocycles. The molecule has 0 saturated heterocycles. The van der Waals surface area contributed by atoms with Crippen molar-refractivity contribution in [3.05, 3.63) is 67.2 Å². The van der Waals surface area contributed by atoms with E-state index in [0.29, 0.717) is 16.9 Å². The number of H-pyrrole nitrogens is 1. The summed E-state index contributed by atoms with van der Waals surface area (Å²) in [4.78, 5) is 8.12. The molecule has 0 amide bonds. The van der Waals surface area contributed by atoms with E-state index in [1.54, 1.807) is 6.08 Å². The van der Waals surface area contributed by atoms with Crippen LogP contribution in [0.1, 0.15) is 6.92 Å². The summed E-state index contributed by atoms with van der Waals surface area (Å²) in [7, 11) is 0. The number of hydrogen-bond donors (Lipinski definition) is 2. The fourth-order valence-corrected chi connectivity index (χ4v) is 2.27. The van der Waals surface area contributed by atoms with Crippen molar-refractivity contribution in [1.29, 1.82) is 0 Å². The Morgan fingerprint density at radius 3 is 2.75 bits per heavy atom. The molecule has 0 atom stereocenters. The van der Waals surface area contributed by atoms with Gasteiger partial charge in [0.15, 0.2) is 5.65 Å². The van der Waals surface area contributed by atoms with Gasteiger partial charge in [-0.2, -0.15) is 5.10 Å². The van der Waals surface area contributed by atoms with E-state index >= 15 is 0 Å². The van der Waals surface area contributed by atoms with Gasteiger partial charge in [-0.1, -0.05) is 18.7 Å². The van der Waals surface area contributed by atoms with Crippen LogP contribution in [0.4, 0.5) is 5.82 Å². The van der Waals surface area contributed by atoms with Gasteiger partial charge < -0.3 is 10.5 Å². The molecule has 3 aromatic rings. The Kier molecular flexibility index (Phi) is 4.38. The van der Waals surface area contributed by atoms with Crippen molar-refractivity contribution in [2.24, 2.45) is 0 Å². The Bertz CT molecular complexity index is 922. The summed E-state index contributed by atoms with van der Waals surface area (Å²) in [5.41, 5.74) is 8.20. The average molecular weight is 319 g/mol. The minimum Gasteiger partial charge on any atom is -0.458 e. The molecule has 0 saturated carbocycles. The summed E-state index contributed by atoms with van der Waals surface area (Å²) >= 11 is 0. The zero-order chi connectivity index (χ0) is 16.9. The van der Waals surface area contributed by atoms with E-state index in [1.165, 1.54) is 6.33 Å². The van der Waals surface area contributed by atoms with Crippen LogP contribution in [0.5, 0.6) is 5.75 Å². The molecule has 0 fully saturated rings. The highest BCUT2D eigenvalue weighted by Gasteiger charge is 2.12. The molecule has 0 radical (unpaired) electrons. The molecule has 120 valence electrons. The van der Waals surface area contributed by atoms with Crippen molar-refractivity contribution in [3.63, 3.8) is 0 Å². The summed E-state index contributed by atoms with van der Waals surface area (Å²) in [6.07, 6.45) is 8.65. The Morgan fingerprint density at radius 1 is 1.25 bits per heavy atom. The molecule has 6 heteroatoms. The number of aromatic amines is 1. The number of nitrogens with one attached hydrogen (secondary N) is 1. The third-order valence-electron chi connectivity index (χ3n) is 3.44. The average Bonchev–Trinajstić information content (AvgIpc) is 3.04. The number of benzene rings is 1. The molecule has 0 aliphatic carbocycles. The summed E-state index contributed by atoms with van der Waals surface area (Å²) < 4.78 is 5.80. The highest BCUT2D eigenvalue weighted by Crippen LogP contribution is 2.29. The van der Waals surface area contributed by atoms with E-state index < -0.39 is 0 Å². The standard InChI is InChI=1S/C18H17N5O/c1-3-5-6-13(4-2)24-14-9-7-12(8-10-14)16-15-17(19)20-11-21-18(15)23-22-16/h3-11H,1H2,2H3,(H3,19,20,21,22,23)/b6-5-,13-4+. The summed E-state index contributed by atoms with van der Waals surface area (Å²) in [6.45, 7) is 5.56. The second-order valence-electron chi connectivity index (χ2n) is 4.97. The largest absolute Gasteiger partial charge is 0.458 e. The fourth-order valence-electron chi connectivity index (χ4n) is 2.27. The number of hydrogen-bond acceptors (Lipinski definition) is 5. The number of fused-ring (bicyclic) bond motifs is 1. The predicted molar refractivity (Wildman–Crippen MR) is 95.3 cm³/mol. The molecule has 1 aromatic carbocycles. The van der Waals surface area contributed by atoms with Crippen LogP contribution in [0.3, 0.4) is 0 Å². The first kappa shape index (κ1) is 15.5. The Hall–Kier alpha value is -3.41. The number of ether oxygens (including phenoxy) is 1. The smallest absolute Gasteiger partial charge is 0.186 e. The van der Waals surface area contributed by atoms with Gasteiger partial charge in [0.05, 0.1) is 11.1 Å². The highest BCUT2D eigenvalue weighted by molar-refractivity contribution is 5.97. The maximum atomic E-state index is 5.94. The van der Waals surface area contributed by atoms with E-state index in [4.69, 9.17) is 10.5 Å². The highest BCUT2D eigenvalue weighted by atomic mass is 16.5. The molecule has 0 aliphatic rings. The van der Waals surface area contributed by atoms with E-state index in [0.717, 1.165) is 22.8 Å². The molecule has 0 aliphatic heterocycles. The normalized spacial score (nSPS) is 12.0. The SMILES string of the molecule is C=C/C=C\C(=C/C)Oc1ccc(-c2[nH]nc3ncnc(N)c23)cc1. The lowest BCUT2D eigenvalue weighted by Gasteiger charge is -2.07. The van der Waals surface area contributed by atoms with Crippen molar-refractivity contribution in [2.75, 3.05) is 5.73 Å². The quantitative estimate of drug-likeness (QED) is 0.553. The van der Waals surface area contributed by atoms with Gasteiger partial charge in [0.25, 0.3) is 0 Å². The van der Waals surface area contributed by atoms with Crippen LogP contribution in [0.25, 0.3) is 22.3 Å². The zero-order valence-electron chi connectivity index (χ0n) is 13.2. The van der Waals surface area contributed by atoms with Gasteiger partial charge in [-0.05, 0) is 43.3 Å². The molecule has 0 unspecified atom stereocenters. The number of nitrogens with zero attached hydrogens (tertiary/aromatic N) is 3. The van der Waals surface area contributed by atoms with Crippen molar-refractivity contribution in [1.82, 2.24) is 20.2 Å². The van der Waals surface area contributed by atoms with Gasteiger partial charge in [0, 0.05) is 5.56 Å². The van der Waals surface area contributed by atoms with Crippen molar-refractivity contribution in [3.8, 4) is 17.0 Å². The number of aromatic nitrogens is 4. The number of nitrogens with two attached hydrogens (primary N) is 1. The first-order valence-corrected chi connectivity index (χ1v) is 7.41. The van der Waals surface area contributed by atoms with E-state index in [2.05, 4.69) is 26.7 Å². The fraction of sp³-hybridized carbons (Fsp3) is 0.0556. The molecule has 0 bridgehead atoms.